The zero-order valence-electron chi connectivity index (χ0n) is 12.3. The number of amides is 2. The highest BCUT2D eigenvalue weighted by Gasteiger charge is 2.16. The third kappa shape index (κ3) is 5.31. The SMILES string of the molecule is CCOc1ccc(OCC)c(NC(=O)C(=O)NCCN)c1. The van der Waals surface area contributed by atoms with Gasteiger partial charge in [-0.1, -0.05) is 0 Å². The van der Waals surface area contributed by atoms with Crippen LogP contribution in [0.4, 0.5) is 5.69 Å². The standard InChI is InChI=1S/C14H21N3O4/c1-3-20-10-5-6-12(21-4-2)11(9-10)17-14(19)13(18)16-8-7-15/h5-6,9H,3-4,7-8,15H2,1-2H3,(H,16,18)(H,17,19). The maximum Gasteiger partial charge on any atom is 0.313 e. The Morgan fingerprint density at radius 1 is 1.14 bits per heavy atom. The average molecular weight is 295 g/mol. The molecule has 0 unspecified atom stereocenters. The van der Waals surface area contributed by atoms with E-state index in [-0.39, 0.29) is 13.1 Å². The molecule has 0 fully saturated rings. The van der Waals surface area contributed by atoms with E-state index in [0.717, 1.165) is 0 Å². The number of rotatable bonds is 7. The summed E-state index contributed by atoms with van der Waals surface area (Å²) in [5, 5.41) is 4.90. The largest absolute Gasteiger partial charge is 0.494 e. The lowest BCUT2D eigenvalue weighted by Gasteiger charge is -2.13. The summed E-state index contributed by atoms with van der Waals surface area (Å²) in [5.41, 5.74) is 5.65. The molecular formula is C14H21N3O4. The number of anilines is 1. The zero-order valence-corrected chi connectivity index (χ0v) is 12.3. The molecule has 0 bridgehead atoms. The lowest BCUT2D eigenvalue weighted by atomic mass is 10.2. The molecule has 4 N–H and O–H groups in total. The second kappa shape index (κ2) is 8.80. The number of ether oxygens (including phenoxy) is 2. The number of hydrogen-bond donors (Lipinski definition) is 3. The minimum Gasteiger partial charge on any atom is -0.494 e. The van der Waals surface area contributed by atoms with Gasteiger partial charge in [0.1, 0.15) is 11.5 Å². The molecule has 2 amide bonds. The Hall–Kier alpha value is -2.28. The first kappa shape index (κ1) is 16.8. The number of nitrogens with two attached hydrogens (primary N) is 1. The van der Waals surface area contributed by atoms with Gasteiger partial charge >= 0.3 is 11.8 Å². The Kier molecular flexibility index (Phi) is 7.03. The molecule has 1 aromatic rings. The average Bonchev–Trinajstić information content (AvgIpc) is 2.47. The molecule has 0 saturated carbocycles. The molecule has 1 aromatic carbocycles. The molecule has 0 spiro atoms. The molecule has 1 rings (SSSR count). The predicted molar refractivity (Wildman–Crippen MR) is 79.5 cm³/mol. The third-order valence-electron chi connectivity index (χ3n) is 2.45. The molecule has 0 saturated heterocycles. The fourth-order valence-electron chi connectivity index (χ4n) is 1.59. The van der Waals surface area contributed by atoms with Crippen molar-refractivity contribution >= 4 is 17.5 Å². The summed E-state index contributed by atoms with van der Waals surface area (Å²) in [4.78, 5) is 23.3. The van der Waals surface area contributed by atoms with Crippen LogP contribution in [0.5, 0.6) is 11.5 Å². The zero-order chi connectivity index (χ0) is 15.7. The van der Waals surface area contributed by atoms with Crippen LogP contribution in [-0.4, -0.2) is 38.1 Å². The summed E-state index contributed by atoms with van der Waals surface area (Å²) in [6, 6.07) is 5.03. The van der Waals surface area contributed by atoms with Crippen LogP contribution < -0.4 is 25.8 Å². The van der Waals surface area contributed by atoms with E-state index in [0.29, 0.717) is 30.4 Å². The van der Waals surface area contributed by atoms with Crippen LogP contribution in [0.15, 0.2) is 18.2 Å². The first-order chi connectivity index (χ1) is 10.1. The lowest BCUT2D eigenvalue weighted by Crippen LogP contribution is -2.38. The Labute approximate surface area is 123 Å². The minimum absolute atomic E-state index is 0.240. The van der Waals surface area contributed by atoms with Crippen LogP contribution in [0.25, 0.3) is 0 Å². The smallest absolute Gasteiger partial charge is 0.313 e. The van der Waals surface area contributed by atoms with E-state index in [1.807, 2.05) is 13.8 Å². The van der Waals surface area contributed by atoms with E-state index in [1.54, 1.807) is 18.2 Å². The van der Waals surface area contributed by atoms with Gasteiger partial charge in [0, 0.05) is 19.2 Å². The fraction of sp³-hybridized carbons (Fsp3) is 0.429. The molecule has 0 aliphatic carbocycles. The number of carbonyl (C=O) groups excluding carboxylic acids is 2. The van der Waals surface area contributed by atoms with Gasteiger partial charge < -0.3 is 25.8 Å². The molecule has 7 heteroatoms. The third-order valence-corrected chi connectivity index (χ3v) is 2.45. The quantitative estimate of drug-likeness (QED) is 0.636. The van der Waals surface area contributed by atoms with Gasteiger partial charge in [-0.25, -0.2) is 0 Å². The number of hydrogen-bond acceptors (Lipinski definition) is 5. The monoisotopic (exact) mass is 295 g/mol. The summed E-state index contributed by atoms with van der Waals surface area (Å²) < 4.78 is 10.8. The van der Waals surface area contributed by atoms with Crippen LogP contribution in [0.2, 0.25) is 0 Å². The Morgan fingerprint density at radius 2 is 1.86 bits per heavy atom. The van der Waals surface area contributed by atoms with Crippen LogP contribution in [-0.2, 0) is 9.59 Å². The second-order valence-electron chi connectivity index (χ2n) is 4.02. The van der Waals surface area contributed by atoms with Gasteiger partial charge in [-0.2, -0.15) is 0 Å². The molecular weight excluding hydrogens is 274 g/mol. The molecule has 0 atom stereocenters. The molecule has 0 aliphatic rings. The van der Waals surface area contributed by atoms with E-state index >= 15 is 0 Å². The van der Waals surface area contributed by atoms with Crippen molar-refractivity contribution in [2.24, 2.45) is 5.73 Å². The van der Waals surface area contributed by atoms with E-state index in [1.165, 1.54) is 0 Å². The number of benzene rings is 1. The summed E-state index contributed by atoms with van der Waals surface area (Å²) in [7, 11) is 0. The first-order valence-electron chi connectivity index (χ1n) is 6.81. The van der Waals surface area contributed by atoms with Crippen LogP contribution in [0, 0.1) is 0 Å². The van der Waals surface area contributed by atoms with E-state index in [2.05, 4.69) is 10.6 Å². The van der Waals surface area contributed by atoms with Gasteiger partial charge in [0.2, 0.25) is 0 Å². The molecule has 21 heavy (non-hydrogen) atoms. The molecule has 0 heterocycles. The normalized spacial score (nSPS) is 9.86. The van der Waals surface area contributed by atoms with Gasteiger partial charge in [-0.3, -0.25) is 9.59 Å². The van der Waals surface area contributed by atoms with Crippen molar-refractivity contribution in [1.29, 1.82) is 0 Å². The Balaban J connectivity index is 2.85. The van der Waals surface area contributed by atoms with Crippen LogP contribution >= 0.6 is 0 Å². The fourth-order valence-corrected chi connectivity index (χ4v) is 1.59. The number of carbonyl (C=O) groups is 2. The van der Waals surface area contributed by atoms with Crippen LogP contribution in [0.1, 0.15) is 13.8 Å². The summed E-state index contributed by atoms with van der Waals surface area (Å²) in [5.74, 6) is -0.470. The molecule has 7 nitrogen and oxygen atoms in total. The maximum atomic E-state index is 11.8. The van der Waals surface area contributed by atoms with Gasteiger partial charge in [-0.05, 0) is 26.0 Å². The van der Waals surface area contributed by atoms with E-state index in [4.69, 9.17) is 15.2 Å². The summed E-state index contributed by atoms with van der Waals surface area (Å²) >= 11 is 0. The van der Waals surface area contributed by atoms with Crippen molar-refractivity contribution < 1.29 is 19.1 Å². The van der Waals surface area contributed by atoms with Gasteiger partial charge in [-0.15, -0.1) is 0 Å². The van der Waals surface area contributed by atoms with Crippen molar-refractivity contribution in [1.82, 2.24) is 5.32 Å². The predicted octanol–water partition coefficient (Wildman–Crippen LogP) is 0.497. The molecule has 0 radical (unpaired) electrons. The van der Waals surface area contributed by atoms with Gasteiger partial charge in [0.15, 0.2) is 0 Å². The van der Waals surface area contributed by atoms with E-state index in [9.17, 15) is 9.59 Å². The maximum absolute atomic E-state index is 11.8. The first-order valence-corrected chi connectivity index (χ1v) is 6.81. The van der Waals surface area contributed by atoms with Crippen molar-refractivity contribution in [2.45, 2.75) is 13.8 Å². The van der Waals surface area contributed by atoms with Crippen LogP contribution in [0.3, 0.4) is 0 Å². The van der Waals surface area contributed by atoms with Gasteiger partial charge in [0.05, 0.1) is 18.9 Å². The summed E-state index contributed by atoms with van der Waals surface area (Å²) in [6.45, 7) is 5.13. The minimum atomic E-state index is -0.780. The summed E-state index contributed by atoms with van der Waals surface area (Å²) in [6.07, 6.45) is 0. The topological polar surface area (TPSA) is 103 Å². The molecule has 0 aromatic heterocycles. The Morgan fingerprint density at radius 3 is 2.48 bits per heavy atom. The Bertz CT molecular complexity index is 491. The lowest BCUT2D eigenvalue weighted by molar-refractivity contribution is -0.136. The van der Waals surface area contributed by atoms with E-state index < -0.39 is 11.8 Å². The highest BCUT2D eigenvalue weighted by atomic mass is 16.5. The van der Waals surface area contributed by atoms with Gasteiger partial charge in [0.25, 0.3) is 0 Å². The number of nitrogens with one attached hydrogen (secondary N) is 2. The molecule has 116 valence electrons. The van der Waals surface area contributed by atoms with Crippen molar-refractivity contribution in [3.8, 4) is 11.5 Å². The second-order valence-corrected chi connectivity index (χ2v) is 4.02. The highest BCUT2D eigenvalue weighted by Crippen LogP contribution is 2.29. The van der Waals surface area contributed by atoms with Crippen molar-refractivity contribution in [2.75, 3.05) is 31.6 Å². The molecule has 0 aliphatic heterocycles. The van der Waals surface area contributed by atoms with Crippen molar-refractivity contribution in [3.63, 3.8) is 0 Å². The highest BCUT2D eigenvalue weighted by molar-refractivity contribution is 6.39. The van der Waals surface area contributed by atoms with Crippen molar-refractivity contribution in [3.05, 3.63) is 18.2 Å².